The predicted molar refractivity (Wildman–Crippen MR) is 84.4 cm³/mol. The number of carbonyl (C=O) groups excluding carboxylic acids is 1. The summed E-state index contributed by atoms with van der Waals surface area (Å²) in [6.07, 6.45) is 0. The largest absolute Gasteiger partial charge is 0.495 e. The van der Waals surface area contributed by atoms with Crippen molar-refractivity contribution in [3.05, 3.63) is 47.8 Å². The summed E-state index contributed by atoms with van der Waals surface area (Å²) in [5.74, 6) is -5.24. The molecular weight excluding hydrogens is 361 g/mol. The van der Waals surface area contributed by atoms with Crippen LogP contribution in [0.4, 0.5) is 24.5 Å². The highest BCUT2D eigenvalue weighted by atomic mass is 32.2. The van der Waals surface area contributed by atoms with Gasteiger partial charge < -0.3 is 10.1 Å². The van der Waals surface area contributed by atoms with Gasteiger partial charge in [0.25, 0.3) is 10.0 Å². The maximum Gasteiger partial charge on any atom is 0.262 e. The van der Waals surface area contributed by atoms with Crippen molar-refractivity contribution in [3.63, 3.8) is 0 Å². The van der Waals surface area contributed by atoms with E-state index in [1.165, 1.54) is 20.1 Å². The fourth-order valence-electron chi connectivity index (χ4n) is 1.94. The summed E-state index contributed by atoms with van der Waals surface area (Å²) in [5, 5.41) is 2.45. The van der Waals surface area contributed by atoms with Gasteiger partial charge in [0.2, 0.25) is 5.91 Å². The van der Waals surface area contributed by atoms with Gasteiger partial charge in [-0.25, -0.2) is 21.6 Å². The Labute approximate surface area is 141 Å². The molecule has 0 aliphatic heterocycles. The number of benzene rings is 2. The van der Waals surface area contributed by atoms with Crippen LogP contribution in [0.3, 0.4) is 0 Å². The Balaban J connectivity index is 2.40. The Hall–Kier alpha value is -2.75. The third kappa shape index (κ3) is 4.02. The number of sulfonamides is 1. The number of hydrogen-bond donors (Lipinski definition) is 2. The number of carbonyl (C=O) groups is 1. The maximum atomic E-state index is 13.6. The number of rotatable bonds is 5. The van der Waals surface area contributed by atoms with Gasteiger partial charge in [-0.15, -0.1) is 0 Å². The zero-order valence-corrected chi connectivity index (χ0v) is 13.9. The molecule has 0 aromatic heterocycles. The molecule has 0 fully saturated rings. The third-order valence-electron chi connectivity index (χ3n) is 3.07. The van der Waals surface area contributed by atoms with Gasteiger partial charge in [0.1, 0.15) is 5.75 Å². The number of ether oxygens (including phenoxy) is 1. The Morgan fingerprint density at radius 2 is 1.68 bits per heavy atom. The van der Waals surface area contributed by atoms with Gasteiger partial charge in [-0.2, -0.15) is 0 Å². The highest BCUT2D eigenvalue weighted by molar-refractivity contribution is 7.92. The molecule has 0 bridgehead atoms. The van der Waals surface area contributed by atoms with Crippen LogP contribution in [0.15, 0.2) is 35.2 Å². The molecule has 0 radical (unpaired) electrons. The van der Waals surface area contributed by atoms with Gasteiger partial charge in [0.05, 0.1) is 23.4 Å². The Kier molecular flexibility index (Phi) is 5.21. The molecule has 2 aromatic rings. The van der Waals surface area contributed by atoms with Crippen LogP contribution in [0.1, 0.15) is 6.92 Å². The van der Waals surface area contributed by atoms with Crippen molar-refractivity contribution in [1.82, 2.24) is 0 Å². The van der Waals surface area contributed by atoms with E-state index < -0.39 is 39.1 Å². The van der Waals surface area contributed by atoms with Gasteiger partial charge in [-0.1, -0.05) is 0 Å². The average Bonchev–Trinajstić information content (AvgIpc) is 2.55. The fraction of sp³-hybridized carbons (Fsp3) is 0.133. The van der Waals surface area contributed by atoms with Crippen LogP contribution < -0.4 is 14.8 Å². The number of amides is 1. The number of nitrogens with one attached hydrogen (secondary N) is 2. The predicted octanol–water partition coefficient (Wildman–Crippen LogP) is 2.87. The third-order valence-corrected chi connectivity index (χ3v) is 4.44. The molecule has 0 saturated heterocycles. The van der Waals surface area contributed by atoms with Crippen LogP contribution in [0.25, 0.3) is 0 Å². The molecule has 0 spiro atoms. The highest BCUT2D eigenvalue weighted by Gasteiger charge is 2.21. The Morgan fingerprint density at radius 1 is 1.04 bits per heavy atom. The molecule has 25 heavy (non-hydrogen) atoms. The first-order chi connectivity index (χ1) is 11.7. The summed E-state index contributed by atoms with van der Waals surface area (Å²) >= 11 is 0. The molecule has 134 valence electrons. The molecule has 0 aliphatic carbocycles. The van der Waals surface area contributed by atoms with Gasteiger partial charge in [0, 0.05) is 13.0 Å². The average molecular weight is 374 g/mol. The number of methoxy groups -OCH3 is 1. The first kappa shape index (κ1) is 18.6. The SMILES string of the molecule is COc1cc(S(=O)(=O)Nc2ccc(F)c(F)c2F)ccc1NC(C)=O. The molecule has 0 heterocycles. The van der Waals surface area contributed by atoms with E-state index in [-0.39, 0.29) is 16.3 Å². The van der Waals surface area contributed by atoms with Crippen molar-refractivity contribution in [2.45, 2.75) is 11.8 Å². The van der Waals surface area contributed by atoms with Gasteiger partial charge in [-0.3, -0.25) is 9.52 Å². The molecule has 0 aliphatic rings. The molecule has 2 aromatic carbocycles. The zero-order chi connectivity index (χ0) is 18.8. The fourth-order valence-corrected chi connectivity index (χ4v) is 3.01. The molecule has 1 amide bonds. The Morgan fingerprint density at radius 3 is 2.28 bits per heavy atom. The zero-order valence-electron chi connectivity index (χ0n) is 13.1. The molecule has 0 unspecified atom stereocenters. The molecule has 6 nitrogen and oxygen atoms in total. The van der Waals surface area contributed by atoms with Crippen molar-refractivity contribution in [3.8, 4) is 5.75 Å². The van der Waals surface area contributed by atoms with E-state index in [9.17, 15) is 26.4 Å². The van der Waals surface area contributed by atoms with Crippen molar-refractivity contribution in [1.29, 1.82) is 0 Å². The smallest absolute Gasteiger partial charge is 0.262 e. The van der Waals surface area contributed by atoms with E-state index in [1.807, 2.05) is 4.72 Å². The van der Waals surface area contributed by atoms with Crippen LogP contribution in [0.2, 0.25) is 0 Å². The number of halogens is 3. The standard InChI is InChI=1S/C15H13F3N2O4S/c1-8(21)19-11-5-3-9(7-13(11)24-2)25(22,23)20-12-6-4-10(16)14(17)15(12)18/h3-7,20H,1-2H3,(H,19,21). The van der Waals surface area contributed by atoms with E-state index in [2.05, 4.69) is 5.32 Å². The van der Waals surface area contributed by atoms with Crippen LogP contribution >= 0.6 is 0 Å². The Bertz CT molecular complexity index is 933. The second kappa shape index (κ2) is 7.01. The minimum atomic E-state index is -4.32. The lowest BCUT2D eigenvalue weighted by Gasteiger charge is -2.13. The molecule has 2 rings (SSSR count). The van der Waals surface area contributed by atoms with Crippen LogP contribution in [0, 0.1) is 17.5 Å². The normalized spacial score (nSPS) is 11.1. The van der Waals surface area contributed by atoms with E-state index in [0.29, 0.717) is 6.07 Å². The molecule has 0 saturated carbocycles. The number of anilines is 2. The highest BCUT2D eigenvalue weighted by Crippen LogP contribution is 2.29. The summed E-state index contributed by atoms with van der Waals surface area (Å²) < 4.78 is 71.2. The summed E-state index contributed by atoms with van der Waals surface area (Å²) in [4.78, 5) is 10.8. The lowest BCUT2D eigenvalue weighted by molar-refractivity contribution is -0.114. The second-order valence-corrected chi connectivity index (χ2v) is 6.55. The quantitative estimate of drug-likeness (QED) is 0.789. The minimum absolute atomic E-state index is 0.0452. The van der Waals surface area contributed by atoms with Crippen molar-refractivity contribution in [2.75, 3.05) is 17.1 Å². The monoisotopic (exact) mass is 374 g/mol. The topological polar surface area (TPSA) is 84.5 Å². The van der Waals surface area contributed by atoms with E-state index in [4.69, 9.17) is 4.74 Å². The molecule has 0 atom stereocenters. The van der Waals surface area contributed by atoms with Crippen LogP contribution in [-0.2, 0) is 14.8 Å². The first-order valence-electron chi connectivity index (χ1n) is 6.77. The van der Waals surface area contributed by atoms with Crippen LogP contribution in [-0.4, -0.2) is 21.4 Å². The van der Waals surface area contributed by atoms with Crippen LogP contribution in [0.5, 0.6) is 5.75 Å². The van der Waals surface area contributed by atoms with Crippen molar-refractivity contribution < 1.29 is 31.1 Å². The molecule has 2 N–H and O–H groups in total. The lowest BCUT2D eigenvalue weighted by Crippen LogP contribution is -2.15. The summed E-state index contributed by atoms with van der Waals surface area (Å²) in [6.45, 7) is 1.26. The minimum Gasteiger partial charge on any atom is -0.495 e. The molecule has 10 heteroatoms. The van der Waals surface area contributed by atoms with E-state index >= 15 is 0 Å². The summed E-state index contributed by atoms with van der Waals surface area (Å²) in [5.41, 5.74) is -0.517. The lowest BCUT2D eigenvalue weighted by atomic mass is 10.3. The molecular formula is C15H13F3N2O4S. The van der Waals surface area contributed by atoms with Crippen molar-refractivity contribution in [2.24, 2.45) is 0 Å². The van der Waals surface area contributed by atoms with Crippen molar-refractivity contribution >= 4 is 27.3 Å². The van der Waals surface area contributed by atoms with E-state index in [1.54, 1.807) is 0 Å². The van der Waals surface area contributed by atoms with Gasteiger partial charge in [0.15, 0.2) is 17.5 Å². The van der Waals surface area contributed by atoms with Gasteiger partial charge >= 0.3 is 0 Å². The summed E-state index contributed by atoms with van der Waals surface area (Å²) in [7, 11) is -3.05. The van der Waals surface area contributed by atoms with E-state index in [0.717, 1.165) is 18.2 Å². The van der Waals surface area contributed by atoms with Gasteiger partial charge in [-0.05, 0) is 24.3 Å². The summed E-state index contributed by atoms with van der Waals surface area (Å²) in [6, 6.07) is 4.85. The number of hydrogen-bond acceptors (Lipinski definition) is 4. The maximum absolute atomic E-state index is 13.6. The second-order valence-electron chi connectivity index (χ2n) is 4.87. The first-order valence-corrected chi connectivity index (χ1v) is 8.26.